The predicted molar refractivity (Wildman–Crippen MR) is 236 cm³/mol. The number of nitrogens with zero attached hydrogens (tertiary/aromatic N) is 1. The van der Waals surface area contributed by atoms with Crippen molar-refractivity contribution in [1.29, 1.82) is 0 Å². The summed E-state index contributed by atoms with van der Waals surface area (Å²) in [6.45, 7) is 0. The van der Waals surface area contributed by atoms with Crippen molar-refractivity contribution in [2.75, 3.05) is 4.90 Å². The molecule has 0 amide bonds. The Kier molecular flexibility index (Phi) is 8.03. The van der Waals surface area contributed by atoms with Crippen LogP contribution in [0.4, 0.5) is 17.1 Å². The van der Waals surface area contributed by atoms with E-state index in [1.54, 1.807) is 0 Å². The van der Waals surface area contributed by atoms with Gasteiger partial charge in [0, 0.05) is 33.5 Å². The Labute approximate surface area is 334 Å². The average molecular weight is 732 g/mol. The van der Waals surface area contributed by atoms with Crippen LogP contribution < -0.4 is 4.90 Å². The zero-order chi connectivity index (χ0) is 37.8. The van der Waals surface area contributed by atoms with Crippen LogP contribution in [0.15, 0.2) is 210 Å². The highest BCUT2D eigenvalue weighted by molar-refractivity contribution is 5.98. The summed E-state index contributed by atoms with van der Waals surface area (Å²) in [6, 6.07) is 64.4. The largest absolute Gasteiger partial charge is 0.456 e. The number of para-hydroxylation sites is 1. The first-order chi connectivity index (χ1) is 28.3. The molecule has 0 aliphatic heterocycles. The highest BCUT2D eigenvalue weighted by Gasteiger charge is 2.48. The Morgan fingerprint density at radius 2 is 1.18 bits per heavy atom. The molecule has 1 heterocycles. The summed E-state index contributed by atoms with van der Waals surface area (Å²) in [6.07, 6.45) is 13.6. The summed E-state index contributed by atoms with van der Waals surface area (Å²) in [5.74, 6) is 1.00. The Balaban J connectivity index is 1.11. The molecule has 3 aliphatic rings. The van der Waals surface area contributed by atoms with Gasteiger partial charge in [-0.1, -0.05) is 164 Å². The van der Waals surface area contributed by atoms with E-state index in [0.29, 0.717) is 0 Å². The SMILES string of the molecule is C1=CC(C2(c3ccccc3)c3ccccc3-c3c(N(c4ccc(C5=CCCc6c5oc5ccccc65)cc4)c4ccc(-c5ccccc5)cc4)cccc32)=CCC1. The van der Waals surface area contributed by atoms with E-state index in [4.69, 9.17) is 4.42 Å². The molecule has 2 nitrogen and oxygen atoms in total. The van der Waals surface area contributed by atoms with Gasteiger partial charge in [-0.05, 0) is 107 Å². The first kappa shape index (κ1) is 33.4. The summed E-state index contributed by atoms with van der Waals surface area (Å²) in [7, 11) is 0. The Bertz CT molecular complexity index is 2870. The van der Waals surface area contributed by atoms with Crippen LogP contribution in [0.2, 0.25) is 0 Å². The molecule has 0 spiro atoms. The summed E-state index contributed by atoms with van der Waals surface area (Å²) in [4.78, 5) is 2.46. The first-order valence-electron chi connectivity index (χ1n) is 20.2. The lowest BCUT2D eigenvalue weighted by Crippen LogP contribution is -2.29. The number of hydrogen-bond donors (Lipinski definition) is 0. The van der Waals surface area contributed by atoms with E-state index in [9.17, 15) is 0 Å². The predicted octanol–water partition coefficient (Wildman–Crippen LogP) is 14.5. The Morgan fingerprint density at radius 1 is 0.509 bits per heavy atom. The number of hydrogen-bond acceptors (Lipinski definition) is 2. The van der Waals surface area contributed by atoms with Gasteiger partial charge >= 0.3 is 0 Å². The summed E-state index contributed by atoms with van der Waals surface area (Å²) < 4.78 is 6.52. The topological polar surface area (TPSA) is 16.4 Å². The van der Waals surface area contributed by atoms with Crippen LogP contribution in [0.25, 0.3) is 38.8 Å². The van der Waals surface area contributed by atoms with Crippen LogP contribution in [0.1, 0.15) is 52.8 Å². The van der Waals surface area contributed by atoms with Crippen LogP contribution in [-0.4, -0.2) is 0 Å². The molecule has 2 heteroatoms. The van der Waals surface area contributed by atoms with Crippen molar-refractivity contribution in [2.24, 2.45) is 0 Å². The molecular weight excluding hydrogens is 691 g/mol. The van der Waals surface area contributed by atoms with Gasteiger partial charge < -0.3 is 9.32 Å². The van der Waals surface area contributed by atoms with Crippen LogP contribution in [0.3, 0.4) is 0 Å². The number of rotatable bonds is 7. The molecular formula is C55H41NO. The van der Waals surface area contributed by atoms with Crippen molar-refractivity contribution < 1.29 is 4.42 Å². The molecule has 0 fully saturated rings. The minimum atomic E-state index is -0.440. The molecule has 57 heavy (non-hydrogen) atoms. The zero-order valence-corrected chi connectivity index (χ0v) is 31.7. The van der Waals surface area contributed by atoms with Crippen LogP contribution in [0, 0.1) is 0 Å². The fraction of sp³-hybridized carbons (Fsp3) is 0.0909. The van der Waals surface area contributed by atoms with Gasteiger partial charge in [-0.2, -0.15) is 0 Å². The lowest BCUT2D eigenvalue weighted by molar-refractivity contribution is 0.591. The van der Waals surface area contributed by atoms with E-state index >= 15 is 0 Å². The molecule has 11 rings (SSSR count). The molecule has 0 saturated carbocycles. The number of anilines is 3. The molecule has 8 aromatic rings. The minimum Gasteiger partial charge on any atom is -0.456 e. The van der Waals surface area contributed by atoms with Crippen LogP contribution in [-0.2, 0) is 11.8 Å². The van der Waals surface area contributed by atoms with E-state index in [2.05, 4.69) is 205 Å². The van der Waals surface area contributed by atoms with Gasteiger partial charge in [0.15, 0.2) is 0 Å². The van der Waals surface area contributed by atoms with Crippen molar-refractivity contribution in [2.45, 2.75) is 31.1 Å². The van der Waals surface area contributed by atoms with Gasteiger partial charge in [-0.15, -0.1) is 0 Å². The van der Waals surface area contributed by atoms with E-state index in [-0.39, 0.29) is 0 Å². The molecule has 7 aromatic carbocycles. The first-order valence-corrected chi connectivity index (χ1v) is 20.2. The van der Waals surface area contributed by atoms with E-state index in [1.165, 1.54) is 66.6 Å². The van der Waals surface area contributed by atoms with Crippen molar-refractivity contribution in [1.82, 2.24) is 0 Å². The zero-order valence-electron chi connectivity index (χ0n) is 31.7. The molecule has 0 saturated heterocycles. The van der Waals surface area contributed by atoms with Crippen molar-refractivity contribution in [3.05, 3.63) is 239 Å². The van der Waals surface area contributed by atoms with Crippen LogP contribution >= 0.6 is 0 Å². The number of fused-ring (bicyclic) bond motifs is 6. The monoisotopic (exact) mass is 731 g/mol. The van der Waals surface area contributed by atoms with E-state index < -0.39 is 5.41 Å². The second-order valence-corrected chi connectivity index (χ2v) is 15.4. The third-order valence-electron chi connectivity index (χ3n) is 12.3. The normalized spacial score (nSPS) is 16.7. The fourth-order valence-corrected chi connectivity index (χ4v) is 9.78. The summed E-state index contributed by atoms with van der Waals surface area (Å²) >= 11 is 0. The quantitative estimate of drug-likeness (QED) is 0.162. The molecule has 1 unspecified atom stereocenters. The highest BCUT2D eigenvalue weighted by atomic mass is 16.3. The van der Waals surface area contributed by atoms with Gasteiger partial charge in [0.2, 0.25) is 0 Å². The molecule has 1 atom stereocenters. The molecule has 3 aliphatic carbocycles. The number of allylic oxidation sites excluding steroid dienone is 5. The summed E-state index contributed by atoms with van der Waals surface area (Å²) in [5, 5.41) is 1.23. The standard InChI is InChI=1S/C55H41NO/c1-4-16-38(17-5-1)39-30-34-43(35-31-39)56(44-36-32-40(33-37-44)45-24-14-25-47-46-22-11-13-29-52(46)57-54(45)47)51-28-15-27-50-53(51)48-23-10-12-26-49(48)55(50,41-18-6-2-7-19-41)42-20-8-3-9-21-42/h1-2,4-8,10-13,15-24,26-37H,3,9,14,25H2. The second kappa shape index (κ2) is 13.7. The van der Waals surface area contributed by atoms with E-state index in [1.807, 2.05) is 0 Å². The van der Waals surface area contributed by atoms with Crippen molar-refractivity contribution >= 4 is 33.6 Å². The van der Waals surface area contributed by atoms with Gasteiger partial charge in [0.05, 0.1) is 11.1 Å². The van der Waals surface area contributed by atoms with Crippen molar-refractivity contribution in [3.63, 3.8) is 0 Å². The highest BCUT2D eigenvalue weighted by Crippen LogP contribution is 2.60. The van der Waals surface area contributed by atoms with Crippen molar-refractivity contribution in [3.8, 4) is 22.3 Å². The number of aryl methyl sites for hydroxylation is 1. The third kappa shape index (κ3) is 5.32. The van der Waals surface area contributed by atoms with E-state index in [0.717, 1.165) is 54.1 Å². The lowest BCUT2D eigenvalue weighted by atomic mass is 9.66. The molecule has 272 valence electrons. The minimum absolute atomic E-state index is 0.440. The van der Waals surface area contributed by atoms with Gasteiger partial charge in [-0.25, -0.2) is 0 Å². The Hall–Kier alpha value is -6.90. The van der Waals surface area contributed by atoms with Gasteiger partial charge in [0.25, 0.3) is 0 Å². The maximum Gasteiger partial charge on any atom is 0.138 e. The average Bonchev–Trinajstić information content (AvgIpc) is 3.83. The fourth-order valence-electron chi connectivity index (χ4n) is 9.78. The van der Waals surface area contributed by atoms with Gasteiger partial charge in [0.1, 0.15) is 11.3 Å². The molecule has 0 radical (unpaired) electrons. The van der Waals surface area contributed by atoms with Crippen LogP contribution in [0.5, 0.6) is 0 Å². The smallest absolute Gasteiger partial charge is 0.138 e. The maximum absolute atomic E-state index is 6.52. The number of furan rings is 1. The molecule has 0 bridgehead atoms. The third-order valence-corrected chi connectivity index (χ3v) is 12.3. The maximum atomic E-state index is 6.52. The molecule has 1 aromatic heterocycles. The second-order valence-electron chi connectivity index (χ2n) is 15.4. The number of benzene rings is 7. The summed E-state index contributed by atoms with van der Waals surface area (Å²) in [5.41, 5.74) is 17.8. The Morgan fingerprint density at radius 3 is 1.95 bits per heavy atom. The molecule has 0 N–H and O–H groups in total. The van der Waals surface area contributed by atoms with Gasteiger partial charge in [-0.3, -0.25) is 0 Å². The lowest BCUT2D eigenvalue weighted by Gasteiger charge is -2.36.